The van der Waals surface area contributed by atoms with Gasteiger partial charge in [-0.2, -0.15) is 0 Å². The van der Waals surface area contributed by atoms with Crippen molar-refractivity contribution in [2.45, 2.75) is 30.6 Å². The number of carbonyl (C=O) groups excluding carboxylic acids is 1. The number of rotatable bonds is 6. The summed E-state index contributed by atoms with van der Waals surface area (Å²) in [6.45, 7) is 1.07. The predicted octanol–water partition coefficient (Wildman–Crippen LogP) is 1.31. The summed E-state index contributed by atoms with van der Waals surface area (Å²) < 4.78 is 27.3. The highest BCUT2D eigenvalue weighted by molar-refractivity contribution is 7.89. The number of nitrogens with zero attached hydrogens (tertiary/aromatic N) is 1. The Morgan fingerprint density at radius 2 is 2.00 bits per heavy atom. The molecule has 1 amide bonds. The van der Waals surface area contributed by atoms with Crippen LogP contribution in [0.5, 0.6) is 0 Å². The predicted molar refractivity (Wildman–Crippen MR) is 90.6 cm³/mol. The van der Waals surface area contributed by atoms with E-state index in [0.717, 1.165) is 12.8 Å². The topological polar surface area (TPSA) is 104 Å². The number of sulfonamides is 1. The number of piperidine rings is 1. The first-order chi connectivity index (χ1) is 11.9. The van der Waals surface area contributed by atoms with E-state index in [-0.39, 0.29) is 22.9 Å². The number of carboxylic acids is 1. The van der Waals surface area contributed by atoms with Gasteiger partial charge in [-0.05, 0) is 49.8 Å². The first-order valence-electron chi connectivity index (χ1n) is 8.48. The van der Waals surface area contributed by atoms with E-state index in [0.29, 0.717) is 31.8 Å². The van der Waals surface area contributed by atoms with Gasteiger partial charge in [0, 0.05) is 25.2 Å². The fraction of sp³-hybridized carbons (Fsp3) is 0.529. The molecule has 1 atom stereocenters. The van der Waals surface area contributed by atoms with Gasteiger partial charge in [0.15, 0.2) is 0 Å². The molecule has 2 aliphatic rings. The molecule has 0 aromatic heterocycles. The van der Waals surface area contributed by atoms with Crippen molar-refractivity contribution in [2.75, 3.05) is 19.6 Å². The van der Waals surface area contributed by atoms with E-state index < -0.39 is 21.9 Å². The van der Waals surface area contributed by atoms with Crippen LogP contribution in [0.3, 0.4) is 0 Å². The third-order valence-electron chi connectivity index (χ3n) is 4.71. The van der Waals surface area contributed by atoms with Gasteiger partial charge in [0.25, 0.3) is 5.91 Å². The van der Waals surface area contributed by atoms with E-state index in [1.165, 1.54) is 23.1 Å². The van der Waals surface area contributed by atoms with Crippen LogP contribution < -0.4 is 4.72 Å². The summed E-state index contributed by atoms with van der Waals surface area (Å²) in [4.78, 5) is 25.3. The number of hydrogen-bond donors (Lipinski definition) is 2. The molecule has 1 unspecified atom stereocenters. The van der Waals surface area contributed by atoms with Crippen molar-refractivity contribution in [3.8, 4) is 0 Å². The molecule has 25 heavy (non-hydrogen) atoms. The lowest BCUT2D eigenvalue weighted by Gasteiger charge is -2.30. The Labute approximate surface area is 147 Å². The number of amides is 1. The first kappa shape index (κ1) is 17.9. The van der Waals surface area contributed by atoms with Gasteiger partial charge in [-0.1, -0.05) is 6.07 Å². The average Bonchev–Trinajstić information content (AvgIpc) is 3.44. The molecule has 0 radical (unpaired) electrons. The maximum atomic E-state index is 12.6. The van der Waals surface area contributed by atoms with Crippen molar-refractivity contribution >= 4 is 21.9 Å². The molecular formula is C17H22N2O5S. The minimum Gasteiger partial charge on any atom is -0.481 e. The van der Waals surface area contributed by atoms with Crippen LogP contribution in [0.15, 0.2) is 29.2 Å². The molecule has 1 aliphatic heterocycles. The van der Waals surface area contributed by atoms with Gasteiger partial charge in [-0.15, -0.1) is 0 Å². The highest BCUT2D eigenvalue weighted by atomic mass is 32.2. The first-order valence-corrected chi connectivity index (χ1v) is 9.97. The van der Waals surface area contributed by atoms with Gasteiger partial charge in [0.1, 0.15) is 0 Å². The van der Waals surface area contributed by atoms with Crippen molar-refractivity contribution in [3.63, 3.8) is 0 Å². The molecule has 1 saturated carbocycles. The van der Waals surface area contributed by atoms with Crippen molar-refractivity contribution in [3.05, 3.63) is 29.8 Å². The van der Waals surface area contributed by atoms with Crippen LogP contribution in [-0.4, -0.2) is 49.9 Å². The third kappa shape index (κ3) is 4.38. The second-order valence-corrected chi connectivity index (χ2v) is 8.52. The van der Waals surface area contributed by atoms with Gasteiger partial charge in [0.2, 0.25) is 10.0 Å². The van der Waals surface area contributed by atoms with Crippen LogP contribution in [-0.2, 0) is 14.8 Å². The van der Waals surface area contributed by atoms with Crippen LogP contribution in [0.25, 0.3) is 0 Å². The Morgan fingerprint density at radius 1 is 1.24 bits per heavy atom. The molecule has 0 bridgehead atoms. The zero-order valence-electron chi connectivity index (χ0n) is 13.8. The Balaban J connectivity index is 1.73. The normalized spacial score (nSPS) is 21.1. The molecule has 136 valence electrons. The van der Waals surface area contributed by atoms with E-state index in [1.54, 1.807) is 6.07 Å². The van der Waals surface area contributed by atoms with Gasteiger partial charge < -0.3 is 10.0 Å². The van der Waals surface area contributed by atoms with E-state index in [2.05, 4.69) is 4.72 Å². The number of hydrogen-bond acceptors (Lipinski definition) is 4. The summed E-state index contributed by atoms with van der Waals surface area (Å²) in [7, 11) is -3.64. The molecule has 7 nitrogen and oxygen atoms in total. The molecule has 1 aromatic rings. The lowest BCUT2D eigenvalue weighted by atomic mass is 9.97. The van der Waals surface area contributed by atoms with Crippen LogP contribution in [0.2, 0.25) is 0 Å². The molecule has 1 saturated heterocycles. The molecule has 2 N–H and O–H groups in total. The van der Waals surface area contributed by atoms with E-state index >= 15 is 0 Å². The molecule has 8 heteroatoms. The third-order valence-corrected chi connectivity index (χ3v) is 6.13. The van der Waals surface area contributed by atoms with E-state index in [4.69, 9.17) is 5.11 Å². The summed E-state index contributed by atoms with van der Waals surface area (Å²) in [6.07, 6.45) is 3.27. The Hall–Kier alpha value is -1.93. The van der Waals surface area contributed by atoms with Crippen LogP contribution in [0.1, 0.15) is 36.0 Å². The minimum absolute atomic E-state index is 0.0609. The maximum absolute atomic E-state index is 12.6. The lowest BCUT2D eigenvalue weighted by molar-refractivity contribution is -0.143. The average molecular weight is 366 g/mol. The summed E-state index contributed by atoms with van der Waals surface area (Å²) in [5.41, 5.74) is 0.264. The molecule has 1 heterocycles. The molecule has 0 spiro atoms. The highest BCUT2D eigenvalue weighted by Crippen LogP contribution is 2.28. The van der Waals surface area contributed by atoms with Gasteiger partial charge in [-0.3, -0.25) is 9.59 Å². The monoisotopic (exact) mass is 366 g/mol. The fourth-order valence-electron chi connectivity index (χ4n) is 2.97. The Bertz CT molecular complexity index is 773. The summed E-state index contributed by atoms with van der Waals surface area (Å²) >= 11 is 0. The molecule has 1 aromatic carbocycles. The molecule has 2 fully saturated rings. The second kappa shape index (κ2) is 7.13. The Morgan fingerprint density at radius 3 is 2.68 bits per heavy atom. The van der Waals surface area contributed by atoms with Crippen molar-refractivity contribution in [1.29, 1.82) is 0 Å². The SMILES string of the molecule is O=C(O)C1CCCN(C(=O)c2cccc(S(=O)(=O)NCC3CC3)c2)C1. The van der Waals surface area contributed by atoms with Gasteiger partial charge in [-0.25, -0.2) is 13.1 Å². The molecule has 3 rings (SSSR count). The lowest BCUT2D eigenvalue weighted by Crippen LogP contribution is -2.42. The summed E-state index contributed by atoms with van der Waals surface area (Å²) in [5.74, 6) is -1.38. The van der Waals surface area contributed by atoms with Crippen LogP contribution in [0, 0.1) is 11.8 Å². The Kier molecular flexibility index (Phi) is 5.10. The van der Waals surface area contributed by atoms with Crippen molar-refractivity contribution in [1.82, 2.24) is 9.62 Å². The summed E-state index contributed by atoms with van der Waals surface area (Å²) in [5, 5.41) is 9.14. The van der Waals surface area contributed by atoms with Crippen LogP contribution in [0.4, 0.5) is 0 Å². The number of carbonyl (C=O) groups is 2. The summed E-state index contributed by atoms with van der Waals surface area (Å²) in [6, 6.07) is 5.92. The largest absolute Gasteiger partial charge is 0.481 e. The number of carboxylic acid groups (broad SMARTS) is 1. The number of aliphatic carboxylic acids is 1. The van der Waals surface area contributed by atoms with Gasteiger partial charge in [0.05, 0.1) is 10.8 Å². The number of nitrogens with one attached hydrogen (secondary N) is 1. The van der Waals surface area contributed by atoms with Crippen molar-refractivity contribution < 1.29 is 23.1 Å². The number of likely N-dealkylation sites (tertiary alicyclic amines) is 1. The smallest absolute Gasteiger partial charge is 0.308 e. The fourth-order valence-corrected chi connectivity index (χ4v) is 4.14. The zero-order chi connectivity index (χ0) is 18.0. The van der Waals surface area contributed by atoms with E-state index in [1.807, 2.05) is 0 Å². The van der Waals surface area contributed by atoms with E-state index in [9.17, 15) is 18.0 Å². The zero-order valence-corrected chi connectivity index (χ0v) is 14.7. The van der Waals surface area contributed by atoms with Crippen LogP contribution >= 0.6 is 0 Å². The number of benzene rings is 1. The molecular weight excluding hydrogens is 344 g/mol. The standard InChI is InChI=1S/C17H22N2O5S/c20-16(19-8-2-4-14(11-19)17(21)22)13-3-1-5-15(9-13)25(23,24)18-10-12-6-7-12/h1,3,5,9,12,14,18H,2,4,6-8,10-11H2,(H,21,22). The molecule has 1 aliphatic carbocycles. The quantitative estimate of drug-likeness (QED) is 0.790. The maximum Gasteiger partial charge on any atom is 0.308 e. The van der Waals surface area contributed by atoms with Gasteiger partial charge >= 0.3 is 5.97 Å². The second-order valence-electron chi connectivity index (χ2n) is 6.75. The highest BCUT2D eigenvalue weighted by Gasteiger charge is 2.29. The van der Waals surface area contributed by atoms with Crippen molar-refractivity contribution in [2.24, 2.45) is 11.8 Å². The minimum atomic E-state index is -3.64.